The molecule has 0 amide bonds. The van der Waals surface area contributed by atoms with Crippen molar-refractivity contribution in [1.82, 2.24) is 9.97 Å². The zero-order chi connectivity index (χ0) is 12.7. The normalized spacial score (nSPS) is 13.7. The van der Waals surface area contributed by atoms with Crippen LogP contribution in [0.1, 0.15) is 11.3 Å². The van der Waals surface area contributed by atoms with Gasteiger partial charge in [0.05, 0.1) is 5.69 Å². The molecule has 0 saturated carbocycles. The van der Waals surface area contributed by atoms with Gasteiger partial charge in [0.2, 0.25) is 0 Å². The minimum atomic E-state index is -0.325. The van der Waals surface area contributed by atoms with Crippen LogP contribution in [0.5, 0.6) is 0 Å². The van der Waals surface area contributed by atoms with E-state index in [-0.39, 0.29) is 5.82 Å². The number of hydrogen-bond donors (Lipinski definition) is 0. The number of halogens is 3. The Labute approximate surface area is 121 Å². The maximum absolute atomic E-state index is 13.4. The summed E-state index contributed by atoms with van der Waals surface area (Å²) >= 11 is 11.1. The van der Waals surface area contributed by atoms with Crippen molar-refractivity contribution in [2.45, 2.75) is 11.5 Å². The Morgan fingerprint density at radius 3 is 2.83 bits per heavy atom. The van der Waals surface area contributed by atoms with Crippen LogP contribution < -0.4 is 0 Å². The lowest BCUT2D eigenvalue weighted by molar-refractivity contribution is 0.627. The fourth-order valence-corrected chi connectivity index (χ4v) is 3.67. The highest BCUT2D eigenvalue weighted by Gasteiger charge is 2.19. The fourth-order valence-electron chi connectivity index (χ4n) is 1.82. The molecule has 6 heteroatoms. The molecule has 92 valence electrons. The number of hydrogen-bond acceptors (Lipinski definition) is 3. The highest BCUT2D eigenvalue weighted by atomic mass is 79.9. The third kappa shape index (κ3) is 2.27. The van der Waals surface area contributed by atoms with Gasteiger partial charge in [-0.25, -0.2) is 14.4 Å². The lowest BCUT2D eigenvalue weighted by Gasteiger charge is -2.06. The number of thioether (sulfide) groups is 1. The molecule has 0 saturated heterocycles. The average molecular weight is 346 g/mol. The minimum Gasteiger partial charge on any atom is -0.232 e. The Kier molecular flexibility index (Phi) is 3.30. The second-order valence-electron chi connectivity index (χ2n) is 3.91. The van der Waals surface area contributed by atoms with Crippen molar-refractivity contribution in [2.24, 2.45) is 0 Å². The molecule has 0 radical (unpaired) electrons. The van der Waals surface area contributed by atoms with Gasteiger partial charge in [-0.1, -0.05) is 27.5 Å². The molecule has 0 aliphatic carbocycles. The van der Waals surface area contributed by atoms with E-state index in [9.17, 15) is 4.39 Å². The van der Waals surface area contributed by atoms with Crippen molar-refractivity contribution in [3.63, 3.8) is 0 Å². The van der Waals surface area contributed by atoms with Crippen molar-refractivity contribution < 1.29 is 4.39 Å². The van der Waals surface area contributed by atoms with Crippen LogP contribution in [0.15, 0.2) is 22.7 Å². The molecule has 2 nitrogen and oxygen atoms in total. The molecule has 2 aromatic rings. The van der Waals surface area contributed by atoms with Crippen LogP contribution in [0.2, 0.25) is 5.15 Å². The van der Waals surface area contributed by atoms with Crippen LogP contribution in [-0.4, -0.2) is 9.97 Å². The molecule has 1 aliphatic rings. The van der Waals surface area contributed by atoms with Gasteiger partial charge < -0.3 is 0 Å². The second kappa shape index (κ2) is 4.79. The Bertz CT molecular complexity index is 615. The SMILES string of the molecule is Fc1cc(Br)cc(-c2nc(Cl)c3c(n2)CSC3)c1. The summed E-state index contributed by atoms with van der Waals surface area (Å²) in [6, 6.07) is 4.59. The van der Waals surface area contributed by atoms with E-state index in [1.165, 1.54) is 12.1 Å². The fraction of sp³-hybridized carbons (Fsp3) is 0.167. The molecule has 0 atom stereocenters. The second-order valence-corrected chi connectivity index (χ2v) is 6.17. The molecule has 0 spiro atoms. The van der Waals surface area contributed by atoms with Crippen molar-refractivity contribution in [1.29, 1.82) is 0 Å². The largest absolute Gasteiger partial charge is 0.232 e. The van der Waals surface area contributed by atoms with Gasteiger partial charge in [0.1, 0.15) is 11.0 Å². The van der Waals surface area contributed by atoms with E-state index in [1.807, 2.05) is 0 Å². The molecule has 0 bridgehead atoms. The molecule has 1 aromatic carbocycles. The van der Waals surface area contributed by atoms with Gasteiger partial charge >= 0.3 is 0 Å². The molecule has 0 fully saturated rings. The number of nitrogens with zero attached hydrogens (tertiary/aromatic N) is 2. The van der Waals surface area contributed by atoms with Crippen molar-refractivity contribution in [3.05, 3.63) is 44.9 Å². The van der Waals surface area contributed by atoms with Crippen LogP contribution in [0.4, 0.5) is 4.39 Å². The first-order chi connectivity index (χ1) is 8.63. The van der Waals surface area contributed by atoms with E-state index in [0.29, 0.717) is 21.0 Å². The molecule has 0 N–H and O–H groups in total. The summed E-state index contributed by atoms with van der Waals surface area (Å²) in [4.78, 5) is 8.71. The smallest absolute Gasteiger partial charge is 0.161 e. The highest BCUT2D eigenvalue weighted by molar-refractivity contribution is 9.10. The first-order valence-corrected chi connectivity index (χ1v) is 7.55. The number of benzene rings is 1. The highest BCUT2D eigenvalue weighted by Crippen LogP contribution is 2.34. The zero-order valence-electron chi connectivity index (χ0n) is 9.08. The Morgan fingerprint density at radius 2 is 2.06 bits per heavy atom. The predicted octanol–water partition coefficient (Wildman–Crippen LogP) is 4.45. The van der Waals surface area contributed by atoms with Crippen molar-refractivity contribution in [2.75, 3.05) is 0 Å². The Morgan fingerprint density at radius 1 is 1.22 bits per heavy atom. The summed E-state index contributed by atoms with van der Waals surface area (Å²) in [5, 5.41) is 0.473. The van der Waals surface area contributed by atoms with E-state index in [1.54, 1.807) is 17.8 Å². The molecule has 2 heterocycles. The Hall–Kier alpha value is -0.650. The predicted molar refractivity (Wildman–Crippen MR) is 75.1 cm³/mol. The topological polar surface area (TPSA) is 25.8 Å². The van der Waals surface area contributed by atoms with E-state index >= 15 is 0 Å². The van der Waals surface area contributed by atoms with Crippen LogP contribution >= 0.6 is 39.3 Å². The number of aromatic nitrogens is 2. The van der Waals surface area contributed by atoms with Crippen LogP contribution in [0, 0.1) is 5.82 Å². The maximum atomic E-state index is 13.4. The van der Waals surface area contributed by atoms with Gasteiger partial charge in [-0.2, -0.15) is 11.8 Å². The monoisotopic (exact) mass is 344 g/mol. The molecule has 1 aliphatic heterocycles. The number of rotatable bonds is 1. The molecule has 1 aromatic heterocycles. The summed E-state index contributed by atoms with van der Waals surface area (Å²) in [6.45, 7) is 0. The van der Waals surface area contributed by atoms with Gasteiger partial charge in [-0.05, 0) is 18.2 Å². The molecular formula is C12H7BrClFN2S. The van der Waals surface area contributed by atoms with E-state index < -0.39 is 0 Å². The summed E-state index contributed by atoms with van der Waals surface area (Å²) in [7, 11) is 0. The van der Waals surface area contributed by atoms with Crippen LogP contribution in [0.3, 0.4) is 0 Å². The van der Waals surface area contributed by atoms with Crippen molar-refractivity contribution >= 4 is 39.3 Å². The maximum Gasteiger partial charge on any atom is 0.161 e. The molecular weight excluding hydrogens is 339 g/mol. The quantitative estimate of drug-likeness (QED) is 0.714. The van der Waals surface area contributed by atoms with E-state index in [0.717, 1.165) is 22.8 Å². The lowest BCUT2D eigenvalue weighted by atomic mass is 10.2. The first-order valence-electron chi connectivity index (χ1n) is 5.23. The van der Waals surface area contributed by atoms with Gasteiger partial charge in [0.25, 0.3) is 0 Å². The van der Waals surface area contributed by atoms with Gasteiger partial charge in [-0.15, -0.1) is 0 Å². The average Bonchev–Trinajstić information content (AvgIpc) is 2.76. The first kappa shape index (κ1) is 12.4. The van der Waals surface area contributed by atoms with E-state index in [4.69, 9.17) is 11.6 Å². The zero-order valence-corrected chi connectivity index (χ0v) is 12.2. The van der Waals surface area contributed by atoms with Gasteiger partial charge in [-0.3, -0.25) is 0 Å². The minimum absolute atomic E-state index is 0.325. The standard InChI is InChI=1S/C12H7BrClFN2S/c13-7-1-6(2-8(15)3-7)12-16-10-5-18-4-9(10)11(14)17-12/h1-3H,4-5H2. The Balaban J connectivity index is 2.15. The molecule has 3 rings (SSSR count). The molecule has 18 heavy (non-hydrogen) atoms. The van der Waals surface area contributed by atoms with E-state index in [2.05, 4.69) is 25.9 Å². The summed E-state index contributed by atoms with van der Waals surface area (Å²) in [6.07, 6.45) is 0. The third-order valence-corrected chi connectivity index (χ3v) is 4.39. The van der Waals surface area contributed by atoms with Crippen LogP contribution in [0.25, 0.3) is 11.4 Å². The molecule has 0 unspecified atom stereocenters. The van der Waals surface area contributed by atoms with Gasteiger partial charge in [0.15, 0.2) is 5.82 Å². The summed E-state index contributed by atoms with van der Waals surface area (Å²) in [5.41, 5.74) is 2.58. The van der Waals surface area contributed by atoms with Gasteiger partial charge in [0, 0.05) is 27.1 Å². The summed E-state index contributed by atoms with van der Waals surface area (Å²) < 4.78 is 14.0. The summed E-state index contributed by atoms with van der Waals surface area (Å²) in [5.74, 6) is 1.83. The number of fused-ring (bicyclic) bond motifs is 1. The van der Waals surface area contributed by atoms with Crippen LogP contribution in [-0.2, 0) is 11.5 Å². The van der Waals surface area contributed by atoms with Crippen molar-refractivity contribution in [3.8, 4) is 11.4 Å². The third-order valence-electron chi connectivity index (χ3n) is 2.65. The lowest BCUT2D eigenvalue weighted by Crippen LogP contribution is -1.97.